The summed E-state index contributed by atoms with van der Waals surface area (Å²) in [5.74, 6) is 0. The second-order valence-corrected chi connectivity index (χ2v) is 6.04. The largest absolute Gasteiger partial charge is 0.267 e. The van der Waals surface area contributed by atoms with E-state index >= 15 is 0 Å². The van der Waals surface area contributed by atoms with Gasteiger partial charge in [0.1, 0.15) is 0 Å². The van der Waals surface area contributed by atoms with Crippen molar-refractivity contribution in [2.45, 2.75) is 27.3 Å². The van der Waals surface area contributed by atoms with Gasteiger partial charge in [0.15, 0.2) is 5.65 Å². The van der Waals surface area contributed by atoms with Gasteiger partial charge in [0.05, 0.1) is 34.4 Å². The Morgan fingerprint density at radius 3 is 2.56 bits per heavy atom. The van der Waals surface area contributed by atoms with Crippen LogP contribution in [0.15, 0.2) is 30.7 Å². The van der Waals surface area contributed by atoms with E-state index in [1.807, 2.05) is 35.5 Å². The lowest BCUT2D eigenvalue weighted by molar-refractivity contribution is 0.646. The fourth-order valence-corrected chi connectivity index (χ4v) is 3.08. The number of fused-ring (bicyclic) bond motifs is 1. The van der Waals surface area contributed by atoms with Gasteiger partial charge in [0.2, 0.25) is 0 Å². The van der Waals surface area contributed by atoms with Gasteiger partial charge in [-0.3, -0.25) is 19.3 Å². The second kappa shape index (κ2) is 5.77. The predicted molar refractivity (Wildman–Crippen MR) is 95.9 cm³/mol. The lowest BCUT2D eigenvalue weighted by Gasteiger charge is -2.07. The molecule has 0 N–H and O–H groups in total. The molecule has 0 saturated carbocycles. The third-order valence-corrected chi connectivity index (χ3v) is 4.40. The van der Waals surface area contributed by atoms with Gasteiger partial charge in [-0.15, -0.1) is 0 Å². The van der Waals surface area contributed by atoms with E-state index in [1.165, 1.54) is 0 Å². The summed E-state index contributed by atoms with van der Waals surface area (Å²) in [6.07, 6.45) is 5.35. The van der Waals surface area contributed by atoms with E-state index in [9.17, 15) is 0 Å². The van der Waals surface area contributed by atoms with E-state index in [4.69, 9.17) is 4.98 Å². The highest BCUT2D eigenvalue weighted by Crippen LogP contribution is 2.32. The van der Waals surface area contributed by atoms with Gasteiger partial charge in [0.25, 0.3) is 0 Å². The summed E-state index contributed by atoms with van der Waals surface area (Å²) in [7, 11) is 1.91. The number of nitrogens with zero attached hydrogens (tertiary/aromatic N) is 7. The standard InChI is InChI=1S/C18H19N7/c1-5-25-12(3)17-13(15-10-19-11(2)9-20-15)8-14(22-18(17)23-25)16-6-7-21-24(16)4/h6-10H,5H2,1-4H3. The first-order valence-corrected chi connectivity index (χ1v) is 8.24. The van der Waals surface area contributed by atoms with E-state index in [-0.39, 0.29) is 0 Å². The topological polar surface area (TPSA) is 74.3 Å². The Morgan fingerprint density at radius 1 is 1.08 bits per heavy atom. The number of rotatable bonds is 3. The van der Waals surface area contributed by atoms with Crippen LogP contribution in [0.2, 0.25) is 0 Å². The van der Waals surface area contributed by atoms with Crippen LogP contribution in [-0.4, -0.2) is 34.5 Å². The molecule has 0 amide bonds. The maximum atomic E-state index is 4.77. The van der Waals surface area contributed by atoms with Crippen LogP contribution >= 0.6 is 0 Å². The van der Waals surface area contributed by atoms with E-state index in [0.29, 0.717) is 0 Å². The van der Waals surface area contributed by atoms with Gasteiger partial charge in [0, 0.05) is 37.2 Å². The molecule has 0 aliphatic rings. The monoisotopic (exact) mass is 333 g/mol. The lowest BCUT2D eigenvalue weighted by atomic mass is 10.1. The minimum atomic E-state index is 0.718. The van der Waals surface area contributed by atoms with Crippen molar-refractivity contribution in [1.29, 1.82) is 0 Å². The Kier molecular flexibility index (Phi) is 3.56. The van der Waals surface area contributed by atoms with Gasteiger partial charge < -0.3 is 0 Å². The molecule has 7 nitrogen and oxygen atoms in total. The zero-order chi connectivity index (χ0) is 17.6. The highest BCUT2D eigenvalue weighted by molar-refractivity contribution is 5.95. The first kappa shape index (κ1) is 15.4. The number of hydrogen-bond donors (Lipinski definition) is 0. The van der Waals surface area contributed by atoms with Crippen LogP contribution in [-0.2, 0) is 13.6 Å². The van der Waals surface area contributed by atoms with Crippen LogP contribution in [0.25, 0.3) is 33.7 Å². The Balaban J connectivity index is 2.05. The van der Waals surface area contributed by atoms with Crippen molar-refractivity contribution in [1.82, 2.24) is 34.5 Å². The Hall–Kier alpha value is -3.09. The van der Waals surface area contributed by atoms with Crippen LogP contribution in [0.4, 0.5) is 0 Å². The fourth-order valence-electron chi connectivity index (χ4n) is 3.08. The van der Waals surface area contributed by atoms with Crippen LogP contribution < -0.4 is 0 Å². The molecule has 4 aromatic heterocycles. The lowest BCUT2D eigenvalue weighted by Crippen LogP contribution is -1.98. The summed E-state index contributed by atoms with van der Waals surface area (Å²) in [5.41, 5.74) is 6.26. The molecule has 0 radical (unpaired) electrons. The number of hydrogen-bond acceptors (Lipinski definition) is 5. The maximum Gasteiger partial charge on any atom is 0.182 e. The summed E-state index contributed by atoms with van der Waals surface area (Å²) in [6.45, 7) is 6.87. The number of aromatic nitrogens is 7. The molecule has 7 heteroatoms. The van der Waals surface area contributed by atoms with Crippen molar-refractivity contribution < 1.29 is 0 Å². The van der Waals surface area contributed by atoms with Crippen molar-refractivity contribution in [3.05, 3.63) is 42.1 Å². The zero-order valence-corrected chi connectivity index (χ0v) is 14.7. The van der Waals surface area contributed by atoms with E-state index in [1.54, 1.807) is 18.6 Å². The van der Waals surface area contributed by atoms with E-state index < -0.39 is 0 Å². The average Bonchev–Trinajstić information content (AvgIpc) is 3.18. The third-order valence-electron chi connectivity index (χ3n) is 4.40. The van der Waals surface area contributed by atoms with Crippen LogP contribution in [0.3, 0.4) is 0 Å². The van der Waals surface area contributed by atoms with E-state index in [0.717, 1.165) is 51.6 Å². The fraction of sp³-hybridized carbons (Fsp3) is 0.278. The molecular weight excluding hydrogens is 314 g/mol. The molecule has 0 spiro atoms. The number of pyridine rings is 1. The summed E-state index contributed by atoms with van der Waals surface area (Å²) < 4.78 is 3.78. The smallest absolute Gasteiger partial charge is 0.182 e. The molecule has 0 atom stereocenters. The predicted octanol–water partition coefficient (Wildman–Crippen LogP) is 2.93. The molecule has 4 rings (SSSR count). The van der Waals surface area contributed by atoms with Crippen LogP contribution in [0.5, 0.6) is 0 Å². The molecule has 0 fully saturated rings. The summed E-state index contributed by atoms with van der Waals surface area (Å²) >= 11 is 0. The molecule has 0 saturated heterocycles. The van der Waals surface area contributed by atoms with Gasteiger partial charge in [-0.05, 0) is 32.9 Å². The molecular formula is C18H19N7. The summed E-state index contributed by atoms with van der Waals surface area (Å²) in [6, 6.07) is 4.00. The molecule has 126 valence electrons. The van der Waals surface area contributed by atoms with Crippen molar-refractivity contribution in [3.63, 3.8) is 0 Å². The molecule has 0 aliphatic carbocycles. The average molecular weight is 333 g/mol. The summed E-state index contributed by atoms with van der Waals surface area (Å²) in [5, 5.41) is 9.93. The molecule has 25 heavy (non-hydrogen) atoms. The SMILES string of the molecule is CCn1nc2nc(-c3ccnn3C)cc(-c3cnc(C)cn3)c2c1C. The van der Waals surface area contributed by atoms with Crippen molar-refractivity contribution in [2.75, 3.05) is 0 Å². The quantitative estimate of drug-likeness (QED) is 0.576. The van der Waals surface area contributed by atoms with Gasteiger partial charge in [-0.25, -0.2) is 4.98 Å². The molecule has 0 unspecified atom stereocenters. The van der Waals surface area contributed by atoms with Crippen LogP contribution in [0.1, 0.15) is 18.3 Å². The van der Waals surface area contributed by atoms with Crippen molar-refractivity contribution >= 4 is 11.0 Å². The third kappa shape index (κ3) is 2.48. The van der Waals surface area contributed by atoms with Gasteiger partial charge in [-0.1, -0.05) is 0 Å². The van der Waals surface area contributed by atoms with Crippen LogP contribution in [0, 0.1) is 13.8 Å². The highest BCUT2D eigenvalue weighted by Gasteiger charge is 2.18. The number of aryl methyl sites for hydroxylation is 4. The summed E-state index contributed by atoms with van der Waals surface area (Å²) in [4.78, 5) is 13.7. The Morgan fingerprint density at radius 2 is 1.92 bits per heavy atom. The molecule has 0 bridgehead atoms. The van der Waals surface area contributed by atoms with E-state index in [2.05, 4.69) is 34.0 Å². The van der Waals surface area contributed by atoms with Gasteiger partial charge in [-0.2, -0.15) is 10.2 Å². The van der Waals surface area contributed by atoms with Crippen molar-refractivity contribution in [3.8, 4) is 22.6 Å². The zero-order valence-electron chi connectivity index (χ0n) is 14.7. The minimum Gasteiger partial charge on any atom is -0.267 e. The molecule has 0 aliphatic heterocycles. The molecule has 4 heterocycles. The first-order valence-electron chi connectivity index (χ1n) is 8.24. The molecule has 4 aromatic rings. The normalized spacial score (nSPS) is 11.4. The molecule has 0 aromatic carbocycles. The highest BCUT2D eigenvalue weighted by atomic mass is 15.3. The Bertz CT molecular complexity index is 1060. The maximum absolute atomic E-state index is 4.77. The van der Waals surface area contributed by atoms with Crippen molar-refractivity contribution in [2.24, 2.45) is 7.05 Å². The Labute approximate surface area is 145 Å². The first-order chi connectivity index (χ1) is 12.1. The second-order valence-electron chi connectivity index (χ2n) is 6.04. The van der Waals surface area contributed by atoms with Gasteiger partial charge >= 0.3 is 0 Å². The minimum absolute atomic E-state index is 0.718.